The Bertz CT molecular complexity index is 721. The molecule has 1 aromatic carbocycles. The monoisotopic (exact) mass is 298 g/mol. The quantitative estimate of drug-likeness (QED) is 0.659. The van der Waals surface area contributed by atoms with E-state index in [0.717, 1.165) is 22.4 Å². The number of hydrogen-bond acceptors (Lipinski definition) is 6. The smallest absolute Gasteiger partial charge is 0.194 e. The standard InChI is InChI=1S/C15H18N6O/c1-22-13-5-3-2-4-10(13)6-15(17)12(9-18-14(16)21-15)11-7-19-20-8-11/h2-5,7-9H,6,17H2,1H3,(H,19,20)(H3,16,18,21). The summed E-state index contributed by atoms with van der Waals surface area (Å²) in [4.78, 5) is 4.42. The highest BCUT2D eigenvalue weighted by Gasteiger charge is 2.34. The molecule has 2 aromatic rings. The second kappa shape index (κ2) is 5.53. The summed E-state index contributed by atoms with van der Waals surface area (Å²) in [7, 11) is 1.63. The maximum atomic E-state index is 6.57. The van der Waals surface area contributed by atoms with E-state index >= 15 is 0 Å². The Morgan fingerprint density at radius 2 is 2.14 bits per heavy atom. The number of methoxy groups -OCH3 is 1. The molecule has 1 aliphatic heterocycles. The van der Waals surface area contributed by atoms with Crippen LogP contribution < -0.4 is 21.5 Å². The summed E-state index contributed by atoms with van der Waals surface area (Å²) in [6.07, 6.45) is 5.70. The number of aromatic amines is 1. The Kier molecular flexibility index (Phi) is 3.56. The lowest BCUT2D eigenvalue weighted by Crippen LogP contribution is -2.48. The predicted octanol–water partition coefficient (Wildman–Crippen LogP) is 0.575. The molecule has 114 valence electrons. The molecule has 0 aliphatic carbocycles. The molecule has 0 radical (unpaired) electrons. The molecule has 0 spiro atoms. The van der Waals surface area contributed by atoms with E-state index < -0.39 is 5.66 Å². The van der Waals surface area contributed by atoms with Crippen LogP contribution in [0.4, 0.5) is 0 Å². The molecule has 0 fully saturated rings. The highest BCUT2D eigenvalue weighted by molar-refractivity contribution is 5.87. The van der Waals surface area contributed by atoms with E-state index in [1.54, 1.807) is 25.7 Å². The van der Waals surface area contributed by atoms with Crippen molar-refractivity contribution in [2.24, 2.45) is 16.5 Å². The molecule has 0 saturated carbocycles. The summed E-state index contributed by atoms with van der Waals surface area (Å²) in [6.45, 7) is 0. The first-order chi connectivity index (χ1) is 10.6. The van der Waals surface area contributed by atoms with E-state index in [0.29, 0.717) is 6.42 Å². The lowest BCUT2D eigenvalue weighted by molar-refractivity contribution is 0.405. The average Bonchev–Trinajstić information content (AvgIpc) is 3.01. The molecular weight excluding hydrogens is 280 g/mol. The van der Waals surface area contributed by atoms with Gasteiger partial charge in [0, 0.05) is 30.0 Å². The zero-order chi connectivity index (χ0) is 15.6. The van der Waals surface area contributed by atoms with Crippen LogP contribution in [0.5, 0.6) is 5.75 Å². The van der Waals surface area contributed by atoms with Crippen molar-refractivity contribution >= 4 is 11.5 Å². The van der Waals surface area contributed by atoms with Gasteiger partial charge in [-0.3, -0.25) is 5.10 Å². The first-order valence-electron chi connectivity index (χ1n) is 6.85. The van der Waals surface area contributed by atoms with Crippen LogP contribution in [-0.4, -0.2) is 28.9 Å². The Morgan fingerprint density at radius 1 is 1.32 bits per heavy atom. The summed E-state index contributed by atoms with van der Waals surface area (Å²) in [5.41, 5.74) is 14.0. The van der Waals surface area contributed by atoms with Crippen molar-refractivity contribution in [3.8, 4) is 5.75 Å². The van der Waals surface area contributed by atoms with Crippen LogP contribution in [0.1, 0.15) is 11.1 Å². The van der Waals surface area contributed by atoms with Crippen LogP contribution in [0.3, 0.4) is 0 Å². The first kappa shape index (κ1) is 14.2. The Morgan fingerprint density at radius 3 is 2.86 bits per heavy atom. The van der Waals surface area contributed by atoms with Crippen LogP contribution in [0.15, 0.2) is 47.9 Å². The number of H-pyrrole nitrogens is 1. The SMILES string of the molecule is COc1ccccc1CC1(N)N=C(N)NC=C1c1cn[nH]c1. The number of nitrogens with two attached hydrogens (primary N) is 2. The van der Waals surface area contributed by atoms with Crippen molar-refractivity contribution in [1.29, 1.82) is 0 Å². The summed E-state index contributed by atoms with van der Waals surface area (Å²) in [5, 5.41) is 9.66. The number of aromatic nitrogens is 2. The number of guanidine groups is 1. The number of nitrogens with zero attached hydrogens (tertiary/aromatic N) is 2. The topological polar surface area (TPSA) is 114 Å². The summed E-state index contributed by atoms with van der Waals surface area (Å²) < 4.78 is 5.40. The first-order valence-corrected chi connectivity index (χ1v) is 6.85. The van der Waals surface area contributed by atoms with E-state index in [-0.39, 0.29) is 5.96 Å². The van der Waals surface area contributed by atoms with Crippen molar-refractivity contribution in [1.82, 2.24) is 15.5 Å². The molecule has 7 heteroatoms. The van der Waals surface area contributed by atoms with Gasteiger partial charge in [0.15, 0.2) is 5.96 Å². The van der Waals surface area contributed by atoms with Crippen molar-refractivity contribution < 1.29 is 4.74 Å². The van der Waals surface area contributed by atoms with Crippen LogP contribution in [0.2, 0.25) is 0 Å². The molecule has 0 amide bonds. The van der Waals surface area contributed by atoms with Gasteiger partial charge < -0.3 is 21.5 Å². The molecule has 3 rings (SSSR count). The lowest BCUT2D eigenvalue weighted by atomic mass is 9.89. The fraction of sp³-hybridized carbons (Fsp3) is 0.200. The molecule has 7 nitrogen and oxygen atoms in total. The molecule has 1 aromatic heterocycles. The van der Waals surface area contributed by atoms with Gasteiger partial charge in [0.05, 0.1) is 13.3 Å². The number of nitrogens with one attached hydrogen (secondary N) is 2. The maximum Gasteiger partial charge on any atom is 0.194 e. The zero-order valence-corrected chi connectivity index (χ0v) is 12.2. The minimum Gasteiger partial charge on any atom is -0.496 e. The molecular formula is C15H18N6O. The number of para-hydroxylation sites is 1. The lowest BCUT2D eigenvalue weighted by Gasteiger charge is -2.32. The molecule has 0 saturated heterocycles. The summed E-state index contributed by atoms with van der Waals surface area (Å²) >= 11 is 0. The number of benzene rings is 1. The maximum absolute atomic E-state index is 6.57. The molecule has 2 heterocycles. The van der Waals surface area contributed by atoms with E-state index in [1.165, 1.54) is 0 Å². The molecule has 1 unspecified atom stereocenters. The number of ether oxygens (including phenoxy) is 1. The van der Waals surface area contributed by atoms with Gasteiger partial charge in [0.2, 0.25) is 0 Å². The number of rotatable bonds is 4. The van der Waals surface area contributed by atoms with E-state index in [9.17, 15) is 0 Å². The minimum atomic E-state index is -0.992. The third kappa shape index (κ3) is 2.53. The van der Waals surface area contributed by atoms with Crippen molar-refractivity contribution in [2.45, 2.75) is 12.1 Å². The van der Waals surface area contributed by atoms with Crippen molar-refractivity contribution in [2.75, 3.05) is 7.11 Å². The van der Waals surface area contributed by atoms with Gasteiger partial charge >= 0.3 is 0 Å². The molecule has 22 heavy (non-hydrogen) atoms. The van der Waals surface area contributed by atoms with E-state index in [2.05, 4.69) is 20.5 Å². The number of aliphatic imine (C=N–C) groups is 1. The van der Waals surface area contributed by atoms with Crippen LogP contribution in [0.25, 0.3) is 5.57 Å². The highest BCUT2D eigenvalue weighted by atomic mass is 16.5. The van der Waals surface area contributed by atoms with Gasteiger partial charge in [-0.15, -0.1) is 0 Å². The molecule has 1 aliphatic rings. The van der Waals surface area contributed by atoms with E-state index in [1.807, 2.05) is 24.3 Å². The molecule has 6 N–H and O–H groups in total. The summed E-state index contributed by atoms with van der Waals surface area (Å²) in [5.74, 6) is 1.05. The Hall–Kier alpha value is -2.80. The van der Waals surface area contributed by atoms with Gasteiger partial charge in [-0.1, -0.05) is 18.2 Å². The summed E-state index contributed by atoms with van der Waals surface area (Å²) in [6, 6.07) is 7.72. The number of hydrogen-bond donors (Lipinski definition) is 4. The predicted molar refractivity (Wildman–Crippen MR) is 84.9 cm³/mol. The van der Waals surface area contributed by atoms with Crippen molar-refractivity contribution in [3.05, 3.63) is 54.0 Å². The normalized spacial score (nSPS) is 20.8. The van der Waals surface area contributed by atoms with Gasteiger partial charge in [0.1, 0.15) is 11.4 Å². The Labute approximate surface area is 128 Å². The largest absolute Gasteiger partial charge is 0.496 e. The zero-order valence-electron chi connectivity index (χ0n) is 12.2. The second-order valence-corrected chi connectivity index (χ2v) is 5.10. The molecule has 0 bridgehead atoms. The Balaban J connectivity index is 2.00. The van der Waals surface area contributed by atoms with Gasteiger partial charge in [0.25, 0.3) is 0 Å². The highest BCUT2D eigenvalue weighted by Crippen LogP contribution is 2.33. The van der Waals surface area contributed by atoms with Crippen LogP contribution in [0, 0.1) is 0 Å². The van der Waals surface area contributed by atoms with Crippen molar-refractivity contribution in [3.63, 3.8) is 0 Å². The van der Waals surface area contributed by atoms with Gasteiger partial charge in [-0.2, -0.15) is 5.10 Å². The second-order valence-electron chi connectivity index (χ2n) is 5.10. The minimum absolute atomic E-state index is 0.282. The molecule has 1 atom stereocenters. The third-order valence-corrected chi connectivity index (χ3v) is 3.61. The van der Waals surface area contributed by atoms with Gasteiger partial charge in [-0.05, 0) is 11.6 Å². The fourth-order valence-corrected chi connectivity index (χ4v) is 2.58. The van der Waals surface area contributed by atoms with Crippen LogP contribution in [-0.2, 0) is 6.42 Å². The van der Waals surface area contributed by atoms with Gasteiger partial charge in [-0.25, -0.2) is 4.99 Å². The fourth-order valence-electron chi connectivity index (χ4n) is 2.58. The average molecular weight is 298 g/mol. The third-order valence-electron chi connectivity index (χ3n) is 3.61. The van der Waals surface area contributed by atoms with Crippen LogP contribution >= 0.6 is 0 Å². The van der Waals surface area contributed by atoms with E-state index in [4.69, 9.17) is 16.2 Å².